The van der Waals surface area contributed by atoms with Crippen LogP contribution in [0.5, 0.6) is 5.75 Å². The molecule has 1 atom stereocenters. The van der Waals surface area contributed by atoms with Crippen LogP contribution in [0.3, 0.4) is 0 Å². The van der Waals surface area contributed by atoms with Gasteiger partial charge in [-0.2, -0.15) is 0 Å². The predicted molar refractivity (Wildman–Crippen MR) is 119 cm³/mol. The quantitative estimate of drug-likeness (QED) is 0.176. The molecule has 0 saturated heterocycles. The molecule has 1 aromatic carbocycles. The average Bonchev–Trinajstić information content (AvgIpc) is 3.13. The molecule has 0 aliphatic heterocycles. The van der Waals surface area contributed by atoms with E-state index in [-0.39, 0.29) is 41.6 Å². The van der Waals surface area contributed by atoms with Gasteiger partial charge in [-0.05, 0) is 25.5 Å². The Morgan fingerprint density at radius 2 is 2.19 bits per heavy atom. The Labute approximate surface area is 179 Å². The summed E-state index contributed by atoms with van der Waals surface area (Å²) in [7, 11) is 1.72. The lowest BCUT2D eigenvalue weighted by molar-refractivity contribution is 0.214. The van der Waals surface area contributed by atoms with Gasteiger partial charge in [0.1, 0.15) is 10.4 Å². The number of thiazole rings is 1. The Balaban J connectivity index is 0.00000338. The minimum atomic E-state index is -0.352. The number of para-hydroxylation sites is 1. The molecule has 1 heterocycles. The Bertz CT molecular complexity index is 658. The summed E-state index contributed by atoms with van der Waals surface area (Å²) in [6.45, 7) is 3.24. The van der Waals surface area contributed by atoms with Crippen molar-refractivity contribution in [3.63, 3.8) is 0 Å². The van der Waals surface area contributed by atoms with Crippen molar-refractivity contribution in [1.29, 1.82) is 0 Å². The minimum absolute atomic E-state index is 0. The van der Waals surface area contributed by atoms with Crippen molar-refractivity contribution >= 4 is 53.0 Å². The van der Waals surface area contributed by atoms with Crippen molar-refractivity contribution in [2.75, 3.05) is 25.9 Å². The average molecular weight is 510 g/mol. The fraction of sp³-hybridized carbons (Fsp3) is 0.412. The first-order chi connectivity index (χ1) is 12.2. The molecular formula is C17H24FIN4OS2. The number of benzene rings is 1. The molecule has 26 heavy (non-hydrogen) atoms. The highest BCUT2D eigenvalue weighted by atomic mass is 127. The van der Waals surface area contributed by atoms with E-state index in [9.17, 15) is 4.39 Å². The lowest BCUT2D eigenvalue weighted by Gasteiger charge is -2.18. The summed E-state index contributed by atoms with van der Waals surface area (Å²) in [5.41, 5.74) is 0. The first-order valence-corrected chi connectivity index (χ1v) is 9.93. The number of nitrogens with one attached hydrogen (secondary N) is 2. The van der Waals surface area contributed by atoms with Crippen molar-refractivity contribution in [1.82, 2.24) is 15.6 Å². The van der Waals surface area contributed by atoms with Crippen molar-refractivity contribution in [3.05, 3.63) is 41.7 Å². The Hall–Kier alpha value is -1.07. The molecule has 2 rings (SSSR count). The molecule has 0 spiro atoms. The van der Waals surface area contributed by atoms with Gasteiger partial charge in [0.25, 0.3) is 0 Å². The van der Waals surface area contributed by atoms with E-state index in [4.69, 9.17) is 4.74 Å². The maximum absolute atomic E-state index is 13.6. The number of hydrogen-bond donors (Lipinski definition) is 2. The Morgan fingerprint density at radius 1 is 1.38 bits per heavy atom. The standard InChI is InChI=1S/C17H23FN4OS2.HI/c1-13(23-15-7-4-3-6-14(15)18)12-22-16(19-2)20-8-5-10-24-17-21-9-11-25-17;/h3-4,6-7,9,11,13H,5,8,10,12H2,1-2H3,(H2,19,20,22);1H. The van der Waals surface area contributed by atoms with Crippen molar-refractivity contribution in [2.24, 2.45) is 4.99 Å². The molecule has 1 aromatic heterocycles. The first-order valence-electron chi connectivity index (χ1n) is 8.07. The van der Waals surface area contributed by atoms with Crippen LogP contribution in [0.2, 0.25) is 0 Å². The molecule has 0 radical (unpaired) electrons. The van der Waals surface area contributed by atoms with Crippen LogP contribution in [-0.4, -0.2) is 42.9 Å². The van der Waals surface area contributed by atoms with Gasteiger partial charge in [-0.1, -0.05) is 23.9 Å². The van der Waals surface area contributed by atoms with Crippen LogP contribution in [0.4, 0.5) is 4.39 Å². The molecule has 0 bridgehead atoms. The highest BCUT2D eigenvalue weighted by Gasteiger charge is 2.08. The van der Waals surface area contributed by atoms with Gasteiger partial charge in [-0.3, -0.25) is 4.99 Å². The summed E-state index contributed by atoms with van der Waals surface area (Å²) >= 11 is 3.42. The summed E-state index contributed by atoms with van der Waals surface area (Å²) in [6.07, 6.45) is 2.64. The molecule has 2 aromatic rings. The van der Waals surface area contributed by atoms with E-state index in [2.05, 4.69) is 20.6 Å². The Morgan fingerprint density at radius 3 is 2.88 bits per heavy atom. The lowest BCUT2D eigenvalue weighted by atomic mass is 10.3. The molecule has 0 aliphatic rings. The molecule has 9 heteroatoms. The van der Waals surface area contributed by atoms with Crippen LogP contribution in [-0.2, 0) is 0 Å². The number of hydrogen-bond acceptors (Lipinski definition) is 5. The Kier molecular flexibility index (Phi) is 11.6. The van der Waals surface area contributed by atoms with Gasteiger partial charge in [-0.15, -0.1) is 35.3 Å². The second kappa shape index (κ2) is 13.2. The third-order valence-electron chi connectivity index (χ3n) is 3.19. The topological polar surface area (TPSA) is 58.5 Å². The predicted octanol–water partition coefficient (Wildman–Crippen LogP) is 4.01. The van der Waals surface area contributed by atoms with Crippen LogP contribution in [0.25, 0.3) is 0 Å². The van der Waals surface area contributed by atoms with E-state index in [1.165, 1.54) is 6.07 Å². The van der Waals surface area contributed by atoms with Crippen molar-refractivity contribution in [3.8, 4) is 5.75 Å². The van der Waals surface area contributed by atoms with Crippen LogP contribution < -0.4 is 15.4 Å². The fourth-order valence-corrected chi connectivity index (χ4v) is 3.63. The van der Waals surface area contributed by atoms with E-state index < -0.39 is 0 Å². The highest BCUT2D eigenvalue weighted by Crippen LogP contribution is 2.20. The fourth-order valence-electron chi connectivity index (χ4n) is 1.98. The summed E-state index contributed by atoms with van der Waals surface area (Å²) < 4.78 is 20.3. The number of ether oxygens (including phenoxy) is 1. The second-order valence-electron chi connectivity index (χ2n) is 5.24. The first kappa shape index (κ1) is 23.0. The lowest BCUT2D eigenvalue weighted by Crippen LogP contribution is -2.42. The second-order valence-corrected chi connectivity index (χ2v) is 7.48. The molecule has 0 saturated carbocycles. The van der Waals surface area contributed by atoms with Crippen LogP contribution in [0.15, 0.2) is 45.2 Å². The van der Waals surface area contributed by atoms with E-state index in [1.54, 1.807) is 48.3 Å². The molecule has 1 unspecified atom stereocenters. The number of aliphatic imine (C=N–C) groups is 1. The zero-order valence-corrected chi connectivity index (χ0v) is 18.7. The normalized spacial score (nSPS) is 12.2. The van der Waals surface area contributed by atoms with E-state index in [0.717, 1.165) is 23.1 Å². The number of guanidine groups is 1. The van der Waals surface area contributed by atoms with Gasteiger partial charge >= 0.3 is 0 Å². The van der Waals surface area contributed by atoms with Crippen molar-refractivity contribution in [2.45, 2.75) is 23.8 Å². The van der Waals surface area contributed by atoms with Gasteiger partial charge in [0.2, 0.25) is 0 Å². The molecule has 0 fully saturated rings. The van der Waals surface area contributed by atoms with Gasteiger partial charge in [0.05, 0.1) is 6.54 Å². The largest absolute Gasteiger partial charge is 0.486 e. The number of halogens is 2. The SMILES string of the molecule is CN=C(NCCCSc1nccs1)NCC(C)Oc1ccccc1F.I. The van der Waals surface area contributed by atoms with Crippen LogP contribution >= 0.6 is 47.1 Å². The van der Waals surface area contributed by atoms with Gasteiger partial charge in [0, 0.05) is 30.9 Å². The molecule has 2 N–H and O–H groups in total. The van der Waals surface area contributed by atoms with E-state index >= 15 is 0 Å². The van der Waals surface area contributed by atoms with Gasteiger partial charge in [0.15, 0.2) is 17.5 Å². The molecule has 0 amide bonds. The maximum Gasteiger partial charge on any atom is 0.191 e. The minimum Gasteiger partial charge on any atom is -0.486 e. The molecular weight excluding hydrogens is 486 g/mol. The smallest absolute Gasteiger partial charge is 0.191 e. The van der Waals surface area contributed by atoms with Crippen LogP contribution in [0.1, 0.15) is 13.3 Å². The number of thioether (sulfide) groups is 1. The highest BCUT2D eigenvalue weighted by molar-refractivity contribution is 14.0. The summed E-state index contributed by atoms with van der Waals surface area (Å²) in [5.74, 6) is 1.63. The number of aromatic nitrogens is 1. The summed E-state index contributed by atoms with van der Waals surface area (Å²) in [5, 5.41) is 8.43. The molecule has 144 valence electrons. The number of rotatable bonds is 9. The van der Waals surface area contributed by atoms with Crippen LogP contribution in [0, 0.1) is 5.82 Å². The monoisotopic (exact) mass is 510 g/mol. The van der Waals surface area contributed by atoms with Crippen molar-refractivity contribution < 1.29 is 9.13 Å². The molecule has 0 aliphatic carbocycles. The summed E-state index contributed by atoms with van der Waals surface area (Å²) in [4.78, 5) is 8.42. The number of nitrogens with zero attached hydrogens (tertiary/aromatic N) is 2. The maximum atomic E-state index is 13.6. The zero-order chi connectivity index (χ0) is 17.9. The summed E-state index contributed by atoms with van der Waals surface area (Å²) in [6, 6.07) is 6.41. The molecule has 5 nitrogen and oxygen atoms in total. The van der Waals surface area contributed by atoms with Gasteiger partial charge < -0.3 is 15.4 Å². The van der Waals surface area contributed by atoms with Gasteiger partial charge in [-0.25, -0.2) is 9.37 Å². The third kappa shape index (κ3) is 8.54. The third-order valence-corrected chi connectivity index (χ3v) is 5.25. The van der Waals surface area contributed by atoms with E-state index in [0.29, 0.717) is 12.5 Å². The van der Waals surface area contributed by atoms with E-state index in [1.807, 2.05) is 18.5 Å². The zero-order valence-electron chi connectivity index (χ0n) is 14.8.